The van der Waals surface area contributed by atoms with Gasteiger partial charge < -0.3 is 25.8 Å². The molecule has 4 bridgehead atoms. The Bertz CT molecular complexity index is 882. The zero-order valence-corrected chi connectivity index (χ0v) is 16.6. The van der Waals surface area contributed by atoms with Crippen molar-refractivity contribution in [3.05, 3.63) is 47.5 Å². The number of ether oxygens (including phenoxy) is 1. The molecular weight excluding hydrogens is 370 g/mol. The minimum atomic E-state index is -0.235. The Labute approximate surface area is 170 Å². The number of fused-ring (bicyclic) bond motifs is 5. The van der Waals surface area contributed by atoms with Gasteiger partial charge in [-0.05, 0) is 54.8 Å². The molecule has 0 fully saturated rings. The van der Waals surface area contributed by atoms with Crippen LogP contribution in [0.15, 0.2) is 36.4 Å². The van der Waals surface area contributed by atoms with Crippen LogP contribution < -0.4 is 20.7 Å². The number of phenols is 1. The van der Waals surface area contributed by atoms with Gasteiger partial charge in [0.15, 0.2) is 0 Å². The molecule has 2 amide bonds. The molecule has 0 saturated heterocycles. The third-order valence-corrected chi connectivity index (χ3v) is 4.90. The van der Waals surface area contributed by atoms with Gasteiger partial charge in [0.25, 0.3) is 5.91 Å². The van der Waals surface area contributed by atoms with Crippen molar-refractivity contribution >= 4 is 11.8 Å². The summed E-state index contributed by atoms with van der Waals surface area (Å²) in [6, 6.07) is 10.6. The van der Waals surface area contributed by atoms with Crippen LogP contribution in [0.1, 0.15) is 28.8 Å². The number of methoxy groups -OCH3 is 1. The summed E-state index contributed by atoms with van der Waals surface area (Å²) in [5.41, 5.74) is 2.76. The molecular formula is C22H27N3O4. The van der Waals surface area contributed by atoms with Crippen LogP contribution >= 0.6 is 0 Å². The van der Waals surface area contributed by atoms with E-state index in [1.165, 1.54) is 7.11 Å². The van der Waals surface area contributed by atoms with Crippen LogP contribution in [0.5, 0.6) is 11.5 Å². The summed E-state index contributed by atoms with van der Waals surface area (Å²) < 4.78 is 5.35. The summed E-state index contributed by atoms with van der Waals surface area (Å²) in [6.45, 7) is 2.31. The molecule has 2 aromatic rings. The lowest BCUT2D eigenvalue weighted by Gasteiger charge is -2.14. The second-order valence-corrected chi connectivity index (χ2v) is 6.98. The van der Waals surface area contributed by atoms with Crippen LogP contribution in [0.4, 0.5) is 0 Å². The quantitative estimate of drug-likeness (QED) is 0.589. The van der Waals surface area contributed by atoms with Crippen LogP contribution in [0.3, 0.4) is 0 Å². The van der Waals surface area contributed by atoms with Crippen LogP contribution in [-0.2, 0) is 11.2 Å². The third-order valence-electron chi connectivity index (χ3n) is 4.90. The molecule has 1 aliphatic rings. The van der Waals surface area contributed by atoms with Crippen molar-refractivity contribution in [3.63, 3.8) is 0 Å². The molecule has 0 radical (unpaired) electrons. The summed E-state index contributed by atoms with van der Waals surface area (Å²) in [6.07, 6.45) is 1.85. The first kappa shape index (κ1) is 20.7. The Morgan fingerprint density at radius 3 is 2.59 bits per heavy atom. The van der Waals surface area contributed by atoms with Gasteiger partial charge in [-0.2, -0.15) is 0 Å². The number of aromatic hydroxyl groups is 1. The van der Waals surface area contributed by atoms with E-state index in [0.29, 0.717) is 55.9 Å². The molecule has 0 spiro atoms. The topological polar surface area (TPSA) is 99.7 Å². The molecule has 0 aliphatic carbocycles. The van der Waals surface area contributed by atoms with Crippen molar-refractivity contribution in [2.24, 2.45) is 0 Å². The molecule has 0 unspecified atom stereocenters. The van der Waals surface area contributed by atoms with Gasteiger partial charge in [0.2, 0.25) is 5.91 Å². The first-order valence-electron chi connectivity index (χ1n) is 9.84. The molecule has 2 aromatic carbocycles. The van der Waals surface area contributed by atoms with Crippen molar-refractivity contribution in [3.8, 4) is 22.6 Å². The number of carbonyl (C=O) groups is 2. The molecule has 1 heterocycles. The standard InChI is InChI=1S/C22H27N3O4/c1-29-20-7-5-16-14-18(20)22(28)25-12-11-23-9-2-3-21(27)24-10-8-15-4-6-19(26)17(16)13-15/h4-7,13-14,23,26H,2-3,8-12H2,1H3,(H,24,27)(H,25,28). The first-order valence-corrected chi connectivity index (χ1v) is 9.84. The van der Waals surface area contributed by atoms with Gasteiger partial charge in [-0.1, -0.05) is 12.1 Å². The highest BCUT2D eigenvalue weighted by atomic mass is 16.5. The molecule has 154 valence electrons. The Morgan fingerprint density at radius 2 is 1.76 bits per heavy atom. The molecule has 29 heavy (non-hydrogen) atoms. The highest BCUT2D eigenvalue weighted by Gasteiger charge is 2.15. The number of rotatable bonds is 1. The lowest BCUT2D eigenvalue weighted by atomic mass is 9.98. The van der Waals surface area contributed by atoms with E-state index in [4.69, 9.17) is 4.74 Å². The Kier molecular flexibility index (Phi) is 7.08. The fourth-order valence-electron chi connectivity index (χ4n) is 3.32. The third kappa shape index (κ3) is 5.48. The molecule has 3 rings (SSSR count). The zero-order valence-electron chi connectivity index (χ0n) is 16.6. The largest absolute Gasteiger partial charge is 0.507 e. The summed E-state index contributed by atoms with van der Waals surface area (Å²) in [5, 5.41) is 19.4. The Morgan fingerprint density at radius 1 is 0.897 bits per heavy atom. The second kappa shape index (κ2) is 9.93. The predicted octanol–water partition coefficient (Wildman–Crippen LogP) is 1.84. The molecule has 0 aromatic heterocycles. The summed E-state index contributed by atoms with van der Waals surface area (Å²) in [5.74, 6) is 0.404. The highest BCUT2D eigenvalue weighted by molar-refractivity contribution is 5.98. The van der Waals surface area contributed by atoms with Gasteiger partial charge in [-0.3, -0.25) is 9.59 Å². The van der Waals surface area contributed by atoms with Gasteiger partial charge in [-0.25, -0.2) is 0 Å². The average molecular weight is 397 g/mol. The van der Waals surface area contributed by atoms with Gasteiger partial charge in [0.1, 0.15) is 11.5 Å². The normalized spacial score (nSPS) is 16.2. The summed E-state index contributed by atoms with van der Waals surface area (Å²) in [4.78, 5) is 24.6. The van der Waals surface area contributed by atoms with E-state index in [-0.39, 0.29) is 17.6 Å². The minimum absolute atomic E-state index is 0.0278. The van der Waals surface area contributed by atoms with Crippen molar-refractivity contribution < 1.29 is 19.4 Å². The van der Waals surface area contributed by atoms with E-state index in [2.05, 4.69) is 16.0 Å². The van der Waals surface area contributed by atoms with Crippen molar-refractivity contribution in [2.75, 3.05) is 33.3 Å². The van der Waals surface area contributed by atoms with Crippen molar-refractivity contribution in [1.82, 2.24) is 16.0 Å². The van der Waals surface area contributed by atoms with Crippen LogP contribution in [0.2, 0.25) is 0 Å². The molecule has 7 heteroatoms. The van der Waals surface area contributed by atoms with Gasteiger partial charge in [0, 0.05) is 31.6 Å². The second-order valence-electron chi connectivity index (χ2n) is 6.98. The van der Waals surface area contributed by atoms with E-state index >= 15 is 0 Å². The Hall–Kier alpha value is -3.06. The molecule has 0 atom stereocenters. The summed E-state index contributed by atoms with van der Waals surface area (Å²) >= 11 is 0. The molecule has 7 nitrogen and oxygen atoms in total. The van der Waals surface area contributed by atoms with E-state index in [1.54, 1.807) is 18.2 Å². The lowest BCUT2D eigenvalue weighted by Crippen LogP contribution is -2.33. The number of phenolic OH excluding ortho intramolecular Hbond substituents is 1. The van der Waals surface area contributed by atoms with Crippen LogP contribution in [-0.4, -0.2) is 50.2 Å². The fraction of sp³-hybridized carbons (Fsp3) is 0.364. The maximum atomic E-state index is 12.7. The summed E-state index contributed by atoms with van der Waals surface area (Å²) in [7, 11) is 1.53. The number of carbonyl (C=O) groups excluding carboxylic acids is 2. The molecule has 1 aliphatic heterocycles. The van der Waals surface area contributed by atoms with E-state index < -0.39 is 0 Å². The van der Waals surface area contributed by atoms with Gasteiger partial charge in [0.05, 0.1) is 12.7 Å². The fourth-order valence-corrected chi connectivity index (χ4v) is 3.32. The van der Waals surface area contributed by atoms with Crippen molar-refractivity contribution in [1.29, 1.82) is 0 Å². The van der Waals surface area contributed by atoms with Gasteiger partial charge in [-0.15, -0.1) is 0 Å². The molecule has 4 N–H and O–H groups in total. The number of hydrogen-bond donors (Lipinski definition) is 4. The Balaban J connectivity index is 1.93. The van der Waals surface area contributed by atoms with Crippen molar-refractivity contribution in [2.45, 2.75) is 19.3 Å². The molecule has 0 saturated carbocycles. The maximum absolute atomic E-state index is 12.7. The monoisotopic (exact) mass is 397 g/mol. The number of hydrogen-bond acceptors (Lipinski definition) is 5. The predicted molar refractivity (Wildman–Crippen MR) is 111 cm³/mol. The van der Waals surface area contributed by atoms with E-state index in [0.717, 1.165) is 17.5 Å². The van der Waals surface area contributed by atoms with Crippen LogP contribution in [0, 0.1) is 0 Å². The lowest BCUT2D eigenvalue weighted by molar-refractivity contribution is -0.121. The average Bonchev–Trinajstić information content (AvgIpc) is 2.73. The number of nitrogens with one attached hydrogen (secondary N) is 3. The van der Waals surface area contributed by atoms with Gasteiger partial charge >= 0.3 is 0 Å². The smallest absolute Gasteiger partial charge is 0.255 e. The first-order chi connectivity index (χ1) is 14.1. The van der Waals surface area contributed by atoms with E-state index in [1.807, 2.05) is 18.2 Å². The van der Waals surface area contributed by atoms with E-state index in [9.17, 15) is 14.7 Å². The minimum Gasteiger partial charge on any atom is -0.507 e. The SMILES string of the molecule is COc1ccc2cc1C(=O)NCCNCCCC(=O)NCCc1ccc(O)c-2c1. The number of benzene rings is 2. The zero-order chi connectivity index (χ0) is 20.6. The highest BCUT2D eigenvalue weighted by Crippen LogP contribution is 2.33. The van der Waals surface area contributed by atoms with Crippen LogP contribution in [0.25, 0.3) is 11.1 Å². The maximum Gasteiger partial charge on any atom is 0.255 e. The number of amides is 2.